The molecule has 2 aromatic rings. The van der Waals surface area contributed by atoms with Crippen LogP contribution in [0.5, 0.6) is 0 Å². The molecule has 2 fully saturated rings. The Labute approximate surface area is 156 Å². The van der Waals surface area contributed by atoms with Gasteiger partial charge in [0.2, 0.25) is 0 Å². The van der Waals surface area contributed by atoms with Gasteiger partial charge in [0.15, 0.2) is 5.65 Å². The summed E-state index contributed by atoms with van der Waals surface area (Å²) in [6, 6.07) is 2.84. The highest BCUT2D eigenvalue weighted by atomic mass is 19.4. The van der Waals surface area contributed by atoms with Gasteiger partial charge in [-0.25, -0.2) is 9.50 Å². The number of piperidine rings is 1. The standard InChI is InChI=1S/C19H25F3N4O/c1-2-15-9-17(19(20,21)22)26-18(23-15)10-16(24-26)14-3-6-25(7-4-14)11-13-5-8-27-12-13/h9-10,13-14H,2-8,11-12H2,1H3/t13-/m0/s1. The minimum Gasteiger partial charge on any atom is -0.381 e. The molecule has 2 aromatic heterocycles. The summed E-state index contributed by atoms with van der Waals surface area (Å²) in [6.45, 7) is 6.47. The monoisotopic (exact) mass is 382 g/mol. The lowest BCUT2D eigenvalue weighted by molar-refractivity contribution is -0.142. The fourth-order valence-corrected chi connectivity index (χ4v) is 4.13. The number of aryl methyl sites for hydroxylation is 1. The van der Waals surface area contributed by atoms with E-state index in [1.807, 2.05) is 0 Å². The Morgan fingerprint density at radius 1 is 1.19 bits per heavy atom. The second-order valence-electron chi connectivity index (χ2n) is 7.63. The van der Waals surface area contributed by atoms with Crippen molar-refractivity contribution in [1.82, 2.24) is 19.5 Å². The number of likely N-dealkylation sites (tertiary alicyclic amines) is 1. The lowest BCUT2D eigenvalue weighted by Crippen LogP contribution is -2.36. The van der Waals surface area contributed by atoms with Crippen molar-refractivity contribution in [2.75, 3.05) is 32.8 Å². The molecular formula is C19H25F3N4O. The van der Waals surface area contributed by atoms with E-state index in [1.165, 1.54) is 0 Å². The average Bonchev–Trinajstić information content (AvgIpc) is 3.29. The number of ether oxygens (including phenoxy) is 1. The predicted molar refractivity (Wildman–Crippen MR) is 94.7 cm³/mol. The van der Waals surface area contributed by atoms with Crippen molar-refractivity contribution >= 4 is 5.65 Å². The summed E-state index contributed by atoms with van der Waals surface area (Å²) in [5, 5.41) is 4.30. The number of fused-ring (bicyclic) bond motifs is 1. The SMILES string of the molecule is CCc1cc(C(F)(F)F)n2nc(C3CCN(C[C@@H]4CCOC4)CC3)cc2n1. The van der Waals surface area contributed by atoms with Crippen molar-refractivity contribution in [3.63, 3.8) is 0 Å². The Hall–Kier alpha value is -1.67. The van der Waals surface area contributed by atoms with Crippen LogP contribution in [0.3, 0.4) is 0 Å². The van der Waals surface area contributed by atoms with E-state index in [-0.39, 0.29) is 5.92 Å². The zero-order valence-electron chi connectivity index (χ0n) is 15.5. The fourth-order valence-electron chi connectivity index (χ4n) is 4.13. The van der Waals surface area contributed by atoms with Gasteiger partial charge in [-0.15, -0.1) is 0 Å². The van der Waals surface area contributed by atoms with Gasteiger partial charge in [0.05, 0.1) is 12.3 Å². The van der Waals surface area contributed by atoms with E-state index in [4.69, 9.17) is 4.74 Å². The molecule has 0 radical (unpaired) electrons. The van der Waals surface area contributed by atoms with Gasteiger partial charge < -0.3 is 9.64 Å². The van der Waals surface area contributed by atoms with Crippen LogP contribution in [0.1, 0.15) is 49.2 Å². The molecule has 1 atom stereocenters. The summed E-state index contributed by atoms with van der Waals surface area (Å²) >= 11 is 0. The topological polar surface area (TPSA) is 42.7 Å². The molecule has 2 saturated heterocycles. The van der Waals surface area contributed by atoms with Crippen LogP contribution in [-0.4, -0.2) is 52.3 Å². The normalized spacial score (nSPS) is 22.7. The summed E-state index contributed by atoms with van der Waals surface area (Å²) in [5.74, 6) is 0.802. The summed E-state index contributed by atoms with van der Waals surface area (Å²) in [7, 11) is 0. The zero-order chi connectivity index (χ0) is 19.0. The lowest BCUT2D eigenvalue weighted by Gasteiger charge is -2.32. The Morgan fingerprint density at radius 3 is 2.59 bits per heavy atom. The van der Waals surface area contributed by atoms with E-state index in [0.717, 1.165) is 68.4 Å². The maximum absolute atomic E-state index is 13.4. The molecule has 4 heterocycles. The third-order valence-electron chi connectivity index (χ3n) is 5.70. The molecule has 0 aliphatic carbocycles. The Balaban J connectivity index is 1.51. The number of alkyl halides is 3. The van der Waals surface area contributed by atoms with Gasteiger partial charge in [0.25, 0.3) is 0 Å². The minimum atomic E-state index is -4.44. The molecular weight excluding hydrogens is 357 g/mol. The molecule has 148 valence electrons. The van der Waals surface area contributed by atoms with E-state index in [1.54, 1.807) is 13.0 Å². The first-order valence-electron chi connectivity index (χ1n) is 9.71. The maximum atomic E-state index is 13.4. The zero-order valence-corrected chi connectivity index (χ0v) is 15.5. The second kappa shape index (κ2) is 7.39. The molecule has 0 unspecified atom stereocenters. The molecule has 4 rings (SSSR count). The molecule has 0 N–H and O–H groups in total. The van der Waals surface area contributed by atoms with Gasteiger partial charge >= 0.3 is 6.18 Å². The van der Waals surface area contributed by atoms with Crippen LogP contribution in [0.15, 0.2) is 12.1 Å². The largest absolute Gasteiger partial charge is 0.433 e. The first-order valence-corrected chi connectivity index (χ1v) is 9.71. The van der Waals surface area contributed by atoms with E-state index in [9.17, 15) is 13.2 Å². The van der Waals surface area contributed by atoms with Crippen LogP contribution in [0.4, 0.5) is 13.2 Å². The van der Waals surface area contributed by atoms with E-state index < -0.39 is 11.9 Å². The number of rotatable bonds is 4. The van der Waals surface area contributed by atoms with Crippen molar-refractivity contribution in [1.29, 1.82) is 0 Å². The molecule has 5 nitrogen and oxygen atoms in total. The van der Waals surface area contributed by atoms with Crippen LogP contribution in [-0.2, 0) is 17.3 Å². The van der Waals surface area contributed by atoms with Crippen molar-refractivity contribution in [2.24, 2.45) is 5.92 Å². The molecule has 0 bridgehead atoms. The summed E-state index contributed by atoms with van der Waals surface area (Å²) in [4.78, 5) is 6.79. The van der Waals surface area contributed by atoms with Gasteiger partial charge in [0.1, 0.15) is 5.69 Å². The number of nitrogens with zero attached hydrogens (tertiary/aromatic N) is 4. The minimum absolute atomic E-state index is 0.189. The quantitative estimate of drug-likeness (QED) is 0.811. The highest BCUT2D eigenvalue weighted by molar-refractivity contribution is 5.43. The van der Waals surface area contributed by atoms with Gasteiger partial charge in [-0.2, -0.15) is 18.3 Å². The van der Waals surface area contributed by atoms with Gasteiger partial charge in [0, 0.05) is 30.8 Å². The molecule has 27 heavy (non-hydrogen) atoms. The molecule has 0 saturated carbocycles. The first-order chi connectivity index (χ1) is 12.9. The molecule has 0 aromatic carbocycles. The van der Waals surface area contributed by atoms with Crippen LogP contribution < -0.4 is 0 Å². The third-order valence-corrected chi connectivity index (χ3v) is 5.70. The van der Waals surface area contributed by atoms with E-state index >= 15 is 0 Å². The van der Waals surface area contributed by atoms with Crippen LogP contribution in [0.25, 0.3) is 5.65 Å². The van der Waals surface area contributed by atoms with Gasteiger partial charge in [-0.05, 0) is 50.8 Å². The molecule has 2 aliphatic rings. The van der Waals surface area contributed by atoms with Gasteiger partial charge in [-0.1, -0.05) is 6.92 Å². The number of halogens is 3. The highest BCUT2D eigenvalue weighted by Crippen LogP contribution is 2.33. The predicted octanol–water partition coefficient (Wildman–Crippen LogP) is 3.53. The Kier molecular flexibility index (Phi) is 5.11. The molecule has 0 amide bonds. The average molecular weight is 382 g/mol. The second-order valence-corrected chi connectivity index (χ2v) is 7.63. The number of hydrogen-bond donors (Lipinski definition) is 0. The van der Waals surface area contributed by atoms with Crippen molar-refractivity contribution in [3.8, 4) is 0 Å². The molecule has 2 aliphatic heterocycles. The van der Waals surface area contributed by atoms with E-state index in [2.05, 4.69) is 15.0 Å². The Morgan fingerprint density at radius 2 is 1.96 bits per heavy atom. The van der Waals surface area contributed by atoms with Crippen molar-refractivity contribution < 1.29 is 17.9 Å². The van der Waals surface area contributed by atoms with E-state index in [0.29, 0.717) is 23.7 Å². The first kappa shape index (κ1) is 18.7. The third kappa shape index (κ3) is 3.96. The van der Waals surface area contributed by atoms with Crippen LogP contribution in [0, 0.1) is 5.92 Å². The highest BCUT2D eigenvalue weighted by Gasteiger charge is 2.35. The maximum Gasteiger partial charge on any atom is 0.433 e. The summed E-state index contributed by atoms with van der Waals surface area (Å²) in [5.41, 5.74) is 0.719. The summed E-state index contributed by atoms with van der Waals surface area (Å²) in [6.07, 6.45) is -1.03. The number of aromatic nitrogens is 3. The van der Waals surface area contributed by atoms with Crippen molar-refractivity contribution in [3.05, 3.63) is 29.2 Å². The van der Waals surface area contributed by atoms with Crippen molar-refractivity contribution in [2.45, 2.75) is 44.7 Å². The molecule has 8 heteroatoms. The summed E-state index contributed by atoms with van der Waals surface area (Å²) < 4.78 is 46.7. The number of hydrogen-bond acceptors (Lipinski definition) is 4. The van der Waals surface area contributed by atoms with Crippen LogP contribution in [0.2, 0.25) is 0 Å². The fraction of sp³-hybridized carbons (Fsp3) is 0.684. The smallest absolute Gasteiger partial charge is 0.381 e. The molecule has 0 spiro atoms. The lowest BCUT2D eigenvalue weighted by atomic mass is 9.93. The van der Waals surface area contributed by atoms with Gasteiger partial charge in [-0.3, -0.25) is 0 Å². The van der Waals surface area contributed by atoms with Crippen LogP contribution >= 0.6 is 0 Å². The Bertz CT molecular complexity index is 790.